The van der Waals surface area contributed by atoms with Crippen LogP contribution in [0.3, 0.4) is 0 Å². The van der Waals surface area contributed by atoms with Gasteiger partial charge in [-0.05, 0) is 60.1 Å². The smallest absolute Gasteiger partial charge is 0.426 e. The minimum atomic E-state index is -0.645. The van der Waals surface area contributed by atoms with E-state index >= 15 is 0 Å². The highest BCUT2D eigenvalue weighted by Gasteiger charge is 2.25. The van der Waals surface area contributed by atoms with Gasteiger partial charge in [-0.15, -0.1) is 0 Å². The van der Waals surface area contributed by atoms with Gasteiger partial charge in [-0.25, -0.2) is 19.7 Å². The van der Waals surface area contributed by atoms with Crippen molar-refractivity contribution in [1.29, 1.82) is 0 Å². The second-order valence-electron chi connectivity index (χ2n) is 7.99. The Morgan fingerprint density at radius 2 is 1.60 bits per heavy atom. The number of hydrogen-bond donors (Lipinski definition) is 1. The third-order valence-corrected chi connectivity index (χ3v) is 3.24. The van der Waals surface area contributed by atoms with Crippen LogP contribution in [0.15, 0.2) is 24.3 Å². The van der Waals surface area contributed by atoms with Crippen molar-refractivity contribution in [2.45, 2.75) is 59.7 Å². The number of para-hydroxylation sites is 1. The van der Waals surface area contributed by atoms with E-state index in [4.69, 9.17) is 9.47 Å². The first-order valence-electron chi connectivity index (χ1n) is 8.22. The Morgan fingerprint density at radius 3 is 2.16 bits per heavy atom. The zero-order valence-electron chi connectivity index (χ0n) is 15.9. The number of fused-ring (bicyclic) bond motifs is 1. The molecule has 6 nitrogen and oxygen atoms in total. The molecule has 1 amide bonds. The molecule has 0 radical (unpaired) electrons. The fourth-order valence-electron chi connectivity index (χ4n) is 2.42. The molecule has 2 rings (SSSR count). The highest BCUT2D eigenvalue weighted by Crippen LogP contribution is 2.24. The quantitative estimate of drug-likeness (QED) is 0.819. The molecular formula is C19H26N2O4. The molecule has 25 heavy (non-hydrogen) atoms. The van der Waals surface area contributed by atoms with Crippen LogP contribution in [0, 0.1) is 6.92 Å². The number of rotatable bonds is 2. The van der Waals surface area contributed by atoms with Crippen LogP contribution in [0.25, 0.3) is 10.9 Å². The number of aryl methyl sites for hydroxylation is 1. The lowest BCUT2D eigenvalue weighted by atomic mass is 10.2. The Balaban J connectivity index is 2.49. The summed E-state index contributed by atoms with van der Waals surface area (Å²) in [7, 11) is 0. The van der Waals surface area contributed by atoms with Crippen molar-refractivity contribution in [3.8, 4) is 0 Å². The Bertz CT molecular complexity index is 807. The molecule has 1 aromatic carbocycles. The van der Waals surface area contributed by atoms with Crippen LogP contribution in [0.4, 0.5) is 4.79 Å². The van der Waals surface area contributed by atoms with Gasteiger partial charge in [0.1, 0.15) is 16.9 Å². The van der Waals surface area contributed by atoms with Gasteiger partial charge >= 0.3 is 12.1 Å². The number of nitrogens with zero attached hydrogens (tertiary/aromatic N) is 1. The molecule has 0 saturated carbocycles. The molecule has 1 heterocycles. The molecule has 0 aliphatic rings. The molecule has 1 aromatic heterocycles. The molecule has 1 N–H and O–H groups in total. The number of benzene rings is 1. The monoisotopic (exact) mass is 346 g/mol. The van der Waals surface area contributed by atoms with Gasteiger partial charge in [0, 0.05) is 5.39 Å². The van der Waals surface area contributed by atoms with E-state index in [0.29, 0.717) is 0 Å². The average Bonchev–Trinajstić information content (AvgIpc) is 2.74. The molecule has 136 valence electrons. The zero-order chi connectivity index (χ0) is 19.0. The number of carbonyl (C=O) groups is 2. The summed E-state index contributed by atoms with van der Waals surface area (Å²) >= 11 is 0. The number of esters is 1. The second kappa shape index (κ2) is 6.43. The Labute approximate surface area is 148 Å². The minimum absolute atomic E-state index is 0.241. The van der Waals surface area contributed by atoms with Crippen molar-refractivity contribution in [2.24, 2.45) is 0 Å². The first-order chi connectivity index (χ1) is 11.4. The molecule has 0 atom stereocenters. The van der Waals surface area contributed by atoms with Crippen molar-refractivity contribution in [2.75, 3.05) is 5.43 Å². The Hall–Kier alpha value is -2.50. The number of hydrogen-bond acceptors (Lipinski definition) is 4. The van der Waals surface area contributed by atoms with Crippen LogP contribution in [-0.4, -0.2) is 27.9 Å². The van der Waals surface area contributed by atoms with Crippen molar-refractivity contribution in [3.63, 3.8) is 0 Å². The zero-order valence-corrected chi connectivity index (χ0v) is 15.9. The topological polar surface area (TPSA) is 69.6 Å². The van der Waals surface area contributed by atoms with Gasteiger partial charge in [0.2, 0.25) is 0 Å². The van der Waals surface area contributed by atoms with Crippen LogP contribution in [0.5, 0.6) is 0 Å². The normalized spacial score (nSPS) is 12.1. The van der Waals surface area contributed by atoms with E-state index < -0.39 is 23.3 Å². The molecule has 0 saturated heterocycles. The van der Waals surface area contributed by atoms with E-state index in [2.05, 4.69) is 5.43 Å². The molecule has 0 bridgehead atoms. The van der Waals surface area contributed by atoms with Gasteiger partial charge < -0.3 is 9.47 Å². The van der Waals surface area contributed by atoms with E-state index in [1.807, 2.05) is 25.1 Å². The van der Waals surface area contributed by atoms with Crippen molar-refractivity contribution in [3.05, 3.63) is 35.5 Å². The summed E-state index contributed by atoms with van der Waals surface area (Å²) in [6, 6.07) is 7.39. The van der Waals surface area contributed by atoms with Crippen LogP contribution >= 0.6 is 0 Å². The first kappa shape index (κ1) is 18.8. The van der Waals surface area contributed by atoms with E-state index in [-0.39, 0.29) is 5.69 Å². The van der Waals surface area contributed by atoms with Gasteiger partial charge in [-0.1, -0.05) is 18.2 Å². The van der Waals surface area contributed by atoms with Gasteiger partial charge in [0.25, 0.3) is 0 Å². The number of carbonyl (C=O) groups excluding carboxylic acids is 2. The predicted octanol–water partition coefficient (Wildman–Crippen LogP) is 4.38. The molecule has 0 unspecified atom stereocenters. The number of nitrogens with one attached hydrogen (secondary N) is 1. The third-order valence-electron chi connectivity index (χ3n) is 3.24. The molecule has 0 fully saturated rings. The van der Waals surface area contributed by atoms with Gasteiger partial charge in [-0.3, -0.25) is 0 Å². The third kappa shape index (κ3) is 4.75. The van der Waals surface area contributed by atoms with Gasteiger partial charge in [0.15, 0.2) is 0 Å². The van der Waals surface area contributed by atoms with E-state index in [0.717, 1.165) is 16.5 Å². The first-order valence-corrected chi connectivity index (χ1v) is 8.22. The molecule has 0 aliphatic heterocycles. The van der Waals surface area contributed by atoms with Crippen LogP contribution in [-0.2, 0) is 9.47 Å². The maximum Gasteiger partial charge on any atom is 0.426 e. The predicted molar refractivity (Wildman–Crippen MR) is 97.4 cm³/mol. The summed E-state index contributed by atoms with van der Waals surface area (Å²) in [5.74, 6) is -0.515. The van der Waals surface area contributed by atoms with Crippen LogP contribution in [0.2, 0.25) is 0 Å². The maximum absolute atomic E-state index is 12.6. The number of aromatic nitrogens is 1. The molecular weight excluding hydrogens is 320 g/mol. The number of amides is 1. The van der Waals surface area contributed by atoms with Crippen molar-refractivity contribution < 1.29 is 19.1 Å². The molecule has 0 spiro atoms. The highest BCUT2D eigenvalue weighted by atomic mass is 16.6. The maximum atomic E-state index is 12.6. The molecule has 6 heteroatoms. The largest absolute Gasteiger partial charge is 0.455 e. The lowest BCUT2D eigenvalue weighted by Gasteiger charge is -2.22. The fraction of sp³-hybridized carbons (Fsp3) is 0.474. The molecule has 2 aromatic rings. The Kier molecular flexibility index (Phi) is 4.84. The Morgan fingerprint density at radius 1 is 1.00 bits per heavy atom. The van der Waals surface area contributed by atoms with Crippen LogP contribution in [0.1, 0.15) is 57.6 Å². The summed E-state index contributed by atoms with van der Waals surface area (Å²) < 4.78 is 12.2. The van der Waals surface area contributed by atoms with E-state index in [1.54, 1.807) is 47.6 Å². The molecule has 0 aliphatic carbocycles. The highest BCUT2D eigenvalue weighted by molar-refractivity contribution is 5.98. The summed E-state index contributed by atoms with van der Waals surface area (Å²) in [5, 5.41) is 0.830. The number of ether oxygens (including phenoxy) is 2. The van der Waals surface area contributed by atoms with E-state index in [1.165, 1.54) is 4.68 Å². The van der Waals surface area contributed by atoms with Crippen molar-refractivity contribution >= 4 is 23.0 Å². The summed E-state index contributed by atoms with van der Waals surface area (Å²) in [4.78, 5) is 24.8. The fourth-order valence-corrected chi connectivity index (χ4v) is 2.42. The lowest BCUT2D eigenvalue weighted by molar-refractivity contribution is 0.00598. The summed E-state index contributed by atoms with van der Waals surface area (Å²) in [6.07, 6.45) is -0.641. The standard InChI is InChI=1S/C19H26N2O4/c1-12-9-8-10-13-11-14(16(22)24-18(2,3)4)21(15(12)13)20-17(23)25-19(5,6)7/h8-11H,1-7H3,(H,20,23). The average molecular weight is 346 g/mol. The SMILES string of the molecule is Cc1cccc2cc(C(=O)OC(C)(C)C)n(NC(=O)OC(C)(C)C)c12. The van der Waals surface area contributed by atoms with Crippen LogP contribution < -0.4 is 5.43 Å². The van der Waals surface area contributed by atoms with Gasteiger partial charge in [0.05, 0.1) is 5.52 Å². The lowest BCUT2D eigenvalue weighted by Crippen LogP contribution is -2.34. The second-order valence-corrected chi connectivity index (χ2v) is 7.99. The minimum Gasteiger partial charge on any atom is -0.455 e. The van der Waals surface area contributed by atoms with Crippen molar-refractivity contribution in [1.82, 2.24) is 4.68 Å². The van der Waals surface area contributed by atoms with Gasteiger partial charge in [-0.2, -0.15) is 0 Å². The van der Waals surface area contributed by atoms with E-state index in [9.17, 15) is 9.59 Å². The summed E-state index contributed by atoms with van der Waals surface area (Å²) in [6.45, 7) is 12.6. The summed E-state index contributed by atoms with van der Waals surface area (Å²) in [5.41, 5.74) is 3.26.